The molecule has 0 aliphatic carbocycles. The topological polar surface area (TPSA) is 69.6 Å². The molecule has 0 fully saturated rings. The smallest absolute Gasteiger partial charge is 0.245 e. The van der Waals surface area contributed by atoms with Gasteiger partial charge in [0.05, 0.1) is 12.4 Å². The summed E-state index contributed by atoms with van der Waals surface area (Å²) in [6.07, 6.45) is 0. The van der Waals surface area contributed by atoms with Gasteiger partial charge in [-0.2, -0.15) is 0 Å². The number of hydrogen-bond acceptors (Lipinski definition) is 3. The lowest BCUT2D eigenvalue weighted by Crippen LogP contribution is -2.48. The molecule has 6 heteroatoms. The normalized spacial score (nSPS) is 17.2. The first-order chi connectivity index (χ1) is 8.19. The molecule has 0 saturated carbocycles. The fraction of sp³-hybridized carbons (Fsp3) is 0.500. The van der Waals surface area contributed by atoms with Gasteiger partial charge in [-0.05, 0) is 39.0 Å². The Kier molecular flexibility index (Phi) is 4.98. The van der Waals surface area contributed by atoms with Gasteiger partial charge in [-0.3, -0.25) is 9.88 Å². The highest BCUT2D eigenvalue weighted by molar-refractivity contribution is 7.66. The largest absolute Gasteiger partial charge is 0.394 e. The zero-order valence-electron chi connectivity index (χ0n) is 10.7. The molecule has 0 aromatic heterocycles. The van der Waals surface area contributed by atoms with E-state index in [4.69, 9.17) is 16.7 Å². The zero-order chi connectivity index (χ0) is 14.0. The summed E-state index contributed by atoms with van der Waals surface area (Å²) in [5, 5.41) is 12.9. The van der Waals surface area contributed by atoms with Crippen LogP contribution in [0.5, 0.6) is 0 Å². The van der Waals surface area contributed by atoms with E-state index in [9.17, 15) is 9.46 Å². The third-order valence-corrected chi connectivity index (χ3v) is 5.13. The zero-order valence-corrected chi connectivity index (χ0v) is 12.4. The van der Waals surface area contributed by atoms with Crippen molar-refractivity contribution in [2.45, 2.75) is 32.1 Å². The minimum absolute atomic E-state index is 0.118. The second-order valence-electron chi connectivity index (χ2n) is 4.97. The van der Waals surface area contributed by atoms with Crippen molar-refractivity contribution in [2.24, 2.45) is 0 Å². The van der Waals surface area contributed by atoms with Crippen molar-refractivity contribution in [3.8, 4) is 0 Å². The number of aliphatic hydroxyl groups excluding tert-OH is 1. The first kappa shape index (κ1) is 15.7. The molecular formula is C12H19ClNO3P. The van der Waals surface area contributed by atoms with Gasteiger partial charge >= 0.3 is 0 Å². The van der Waals surface area contributed by atoms with Gasteiger partial charge in [0.1, 0.15) is 0 Å². The van der Waals surface area contributed by atoms with Crippen molar-refractivity contribution >= 4 is 24.3 Å². The number of aliphatic hydroxyl groups is 1. The Bertz CT molecular complexity index is 464. The summed E-state index contributed by atoms with van der Waals surface area (Å²) in [5.74, 6) is -0.668. The minimum atomic E-state index is -3.58. The highest BCUT2D eigenvalue weighted by Gasteiger charge is 2.33. The van der Waals surface area contributed by atoms with Gasteiger partial charge in [-0.15, -0.1) is 0 Å². The lowest BCUT2D eigenvalue weighted by Gasteiger charge is -2.30. The Morgan fingerprint density at radius 3 is 2.61 bits per heavy atom. The van der Waals surface area contributed by atoms with E-state index in [0.717, 1.165) is 0 Å². The van der Waals surface area contributed by atoms with Crippen LogP contribution < -0.4 is 10.6 Å². The Morgan fingerprint density at radius 2 is 2.11 bits per heavy atom. The standard InChI is InChI=1S/C12H19ClNO3P/c1-9(14-12(2,3)8-15)18(16,17)11-6-4-5-10(13)7-11/h4-7,9,14-15H,8H2,1-3H3,(H,16,17). The van der Waals surface area contributed by atoms with E-state index in [1.165, 1.54) is 6.07 Å². The summed E-state index contributed by atoms with van der Waals surface area (Å²) < 4.78 is 12.4. The van der Waals surface area contributed by atoms with Gasteiger partial charge in [0.25, 0.3) is 0 Å². The maximum Gasteiger partial charge on any atom is 0.245 e. The molecule has 2 atom stereocenters. The van der Waals surface area contributed by atoms with Crippen LogP contribution in [0.4, 0.5) is 0 Å². The maximum atomic E-state index is 12.4. The van der Waals surface area contributed by atoms with Gasteiger partial charge in [0.2, 0.25) is 7.37 Å². The fourth-order valence-corrected chi connectivity index (χ4v) is 3.46. The highest BCUT2D eigenvalue weighted by atomic mass is 35.5. The first-order valence-corrected chi connectivity index (χ1v) is 7.77. The van der Waals surface area contributed by atoms with Crippen LogP contribution in [0.3, 0.4) is 0 Å². The van der Waals surface area contributed by atoms with Crippen LogP contribution in [-0.4, -0.2) is 27.9 Å². The Labute approximate surface area is 112 Å². The molecule has 1 aromatic carbocycles. The maximum absolute atomic E-state index is 12.4. The molecule has 18 heavy (non-hydrogen) atoms. The van der Waals surface area contributed by atoms with E-state index in [2.05, 4.69) is 5.32 Å². The molecule has 102 valence electrons. The van der Waals surface area contributed by atoms with Gasteiger partial charge < -0.3 is 10.00 Å². The van der Waals surface area contributed by atoms with Gasteiger partial charge in [0, 0.05) is 15.9 Å². The molecular weight excluding hydrogens is 273 g/mol. The van der Waals surface area contributed by atoms with Crippen molar-refractivity contribution in [2.75, 3.05) is 6.61 Å². The van der Waals surface area contributed by atoms with E-state index >= 15 is 0 Å². The molecule has 0 radical (unpaired) electrons. The van der Waals surface area contributed by atoms with Crippen LogP contribution in [0.25, 0.3) is 0 Å². The predicted octanol–water partition coefficient (Wildman–Crippen LogP) is 1.94. The summed E-state index contributed by atoms with van der Waals surface area (Å²) in [5.41, 5.74) is -0.615. The second-order valence-corrected chi connectivity index (χ2v) is 7.94. The highest BCUT2D eigenvalue weighted by Crippen LogP contribution is 2.44. The second kappa shape index (κ2) is 5.72. The van der Waals surface area contributed by atoms with Gasteiger partial charge in [-0.1, -0.05) is 17.7 Å². The Hall–Kier alpha value is -0.380. The van der Waals surface area contributed by atoms with Crippen molar-refractivity contribution in [1.82, 2.24) is 5.32 Å². The van der Waals surface area contributed by atoms with E-state index in [0.29, 0.717) is 10.3 Å². The van der Waals surface area contributed by atoms with Crippen LogP contribution in [0.1, 0.15) is 20.8 Å². The van der Waals surface area contributed by atoms with Crippen molar-refractivity contribution < 1.29 is 14.6 Å². The Balaban J connectivity index is 2.96. The van der Waals surface area contributed by atoms with E-state index in [1.54, 1.807) is 39.0 Å². The molecule has 1 rings (SSSR count). The number of benzene rings is 1. The van der Waals surface area contributed by atoms with Crippen LogP contribution in [0, 0.1) is 0 Å². The van der Waals surface area contributed by atoms with Crippen molar-refractivity contribution in [3.05, 3.63) is 29.3 Å². The van der Waals surface area contributed by atoms with Crippen LogP contribution in [0.2, 0.25) is 5.02 Å². The third-order valence-electron chi connectivity index (χ3n) is 2.70. The summed E-state index contributed by atoms with van der Waals surface area (Å²) in [4.78, 5) is 10.2. The molecule has 0 aliphatic heterocycles. The summed E-state index contributed by atoms with van der Waals surface area (Å²) >= 11 is 5.82. The molecule has 1 aromatic rings. The molecule has 0 aliphatic rings. The molecule has 2 unspecified atom stereocenters. The predicted molar refractivity (Wildman–Crippen MR) is 74.7 cm³/mol. The van der Waals surface area contributed by atoms with Gasteiger partial charge in [-0.25, -0.2) is 0 Å². The molecule has 0 spiro atoms. The number of rotatable bonds is 5. The third kappa shape index (κ3) is 3.81. The quantitative estimate of drug-likeness (QED) is 0.725. The van der Waals surface area contributed by atoms with Gasteiger partial charge in [0.15, 0.2) is 0 Å². The fourth-order valence-electron chi connectivity index (χ4n) is 1.60. The average molecular weight is 292 g/mol. The van der Waals surface area contributed by atoms with E-state index in [-0.39, 0.29) is 6.61 Å². The van der Waals surface area contributed by atoms with Crippen LogP contribution in [0.15, 0.2) is 24.3 Å². The first-order valence-electron chi connectivity index (χ1n) is 5.66. The molecule has 0 amide bonds. The lowest BCUT2D eigenvalue weighted by molar-refractivity contribution is 0.185. The SMILES string of the molecule is CC(NC(C)(C)CO)P(=O)(O)c1cccc(Cl)c1. The molecule has 3 N–H and O–H groups in total. The molecule has 0 bridgehead atoms. The monoisotopic (exact) mass is 291 g/mol. The molecule has 0 saturated heterocycles. The molecule has 4 nitrogen and oxygen atoms in total. The number of nitrogens with one attached hydrogen (secondary N) is 1. The van der Waals surface area contributed by atoms with E-state index < -0.39 is 18.7 Å². The average Bonchev–Trinajstić information content (AvgIpc) is 2.28. The number of halogens is 1. The lowest BCUT2D eigenvalue weighted by atomic mass is 10.1. The minimum Gasteiger partial charge on any atom is -0.394 e. The number of hydrogen-bond donors (Lipinski definition) is 3. The Morgan fingerprint density at radius 1 is 1.50 bits per heavy atom. The summed E-state index contributed by atoms with van der Waals surface area (Å²) in [6.45, 7) is 5.04. The van der Waals surface area contributed by atoms with E-state index in [1.807, 2.05) is 0 Å². The van der Waals surface area contributed by atoms with Crippen molar-refractivity contribution in [1.29, 1.82) is 0 Å². The molecule has 0 heterocycles. The summed E-state index contributed by atoms with van der Waals surface area (Å²) in [6, 6.07) is 6.37. The summed E-state index contributed by atoms with van der Waals surface area (Å²) in [7, 11) is -3.58. The van der Waals surface area contributed by atoms with Crippen LogP contribution >= 0.6 is 19.0 Å². The van der Waals surface area contributed by atoms with Crippen LogP contribution in [-0.2, 0) is 4.57 Å². The van der Waals surface area contributed by atoms with Crippen molar-refractivity contribution in [3.63, 3.8) is 0 Å².